The quantitative estimate of drug-likeness (QED) is 0.584. The highest BCUT2D eigenvalue weighted by atomic mass is 16.5. The predicted octanol–water partition coefficient (Wildman–Crippen LogP) is 1.81. The third kappa shape index (κ3) is 2.70. The summed E-state index contributed by atoms with van der Waals surface area (Å²) in [5.74, 6) is -0.527. The van der Waals surface area contributed by atoms with Gasteiger partial charge in [0.25, 0.3) is 0 Å². The van der Waals surface area contributed by atoms with Gasteiger partial charge in [0.05, 0.1) is 18.4 Å². The van der Waals surface area contributed by atoms with Crippen LogP contribution in [0.15, 0.2) is 23.3 Å². The van der Waals surface area contributed by atoms with Gasteiger partial charge >= 0.3 is 5.97 Å². The van der Waals surface area contributed by atoms with Gasteiger partial charge in [0.2, 0.25) is 0 Å². The van der Waals surface area contributed by atoms with E-state index in [0.717, 1.165) is 0 Å². The number of carboxylic acids is 1. The number of anilines is 1. The Bertz CT molecular complexity index is 388. The van der Waals surface area contributed by atoms with Crippen LogP contribution < -0.4 is 10.2 Å². The van der Waals surface area contributed by atoms with E-state index >= 15 is 0 Å². The van der Waals surface area contributed by atoms with Crippen LogP contribution in [-0.4, -0.2) is 24.4 Å². The van der Waals surface area contributed by atoms with Crippen LogP contribution in [0.3, 0.4) is 0 Å². The molecule has 5 nitrogen and oxygen atoms in total. The lowest BCUT2D eigenvalue weighted by atomic mass is 10.2. The molecule has 0 spiro atoms. The summed E-state index contributed by atoms with van der Waals surface area (Å²) in [6.45, 7) is 1.73. The highest BCUT2D eigenvalue weighted by molar-refractivity contribution is 5.94. The Morgan fingerprint density at radius 3 is 2.87 bits per heavy atom. The number of carbonyl (C=O) groups is 1. The first-order valence-corrected chi connectivity index (χ1v) is 4.34. The lowest BCUT2D eigenvalue weighted by molar-refractivity contribution is 0.0697. The molecule has 0 atom stereocenters. The summed E-state index contributed by atoms with van der Waals surface area (Å²) in [4.78, 5) is 10.9. The molecule has 0 saturated carbocycles. The van der Waals surface area contributed by atoms with E-state index in [1.165, 1.54) is 19.4 Å². The summed E-state index contributed by atoms with van der Waals surface area (Å²) in [5.41, 5.74) is 3.19. The number of carboxylic acid groups (broad SMARTS) is 1. The number of hydrogen-bond acceptors (Lipinski definition) is 4. The minimum atomic E-state index is -1.03. The maximum atomic E-state index is 10.9. The van der Waals surface area contributed by atoms with Gasteiger partial charge in [-0.05, 0) is 25.1 Å². The Hall–Kier alpha value is -2.04. The molecule has 15 heavy (non-hydrogen) atoms. The zero-order chi connectivity index (χ0) is 11.3. The van der Waals surface area contributed by atoms with Crippen molar-refractivity contribution in [3.05, 3.63) is 23.8 Å². The average Bonchev–Trinajstić information content (AvgIpc) is 2.26. The maximum Gasteiger partial charge on any atom is 0.338 e. The minimum absolute atomic E-state index is 0.125. The van der Waals surface area contributed by atoms with Crippen LogP contribution in [0.5, 0.6) is 5.75 Å². The SMILES string of the molecule is C/C=N\Nc1ccc(OC)cc1C(=O)O. The van der Waals surface area contributed by atoms with E-state index in [2.05, 4.69) is 10.5 Å². The highest BCUT2D eigenvalue weighted by Gasteiger charge is 2.10. The first-order chi connectivity index (χ1) is 7.19. The predicted molar refractivity (Wildman–Crippen MR) is 57.7 cm³/mol. The minimum Gasteiger partial charge on any atom is -0.497 e. The molecule has 80 valence electrons. The van der Waals surface area contributed by atoms with Crippen molar-refractivity contribution in [2.45, 2.75) is 6.92 Å². The third-order valence-corrected chi connectivity index (χ3v) is 1.77. The lowest BCUT2D eigenvalue weighted by Gasteiger charge is -2.07. The van der Waals surface area contributed by atoms with Crippen LogP contribution in [0.4, 0.5) is 5.69 Å². The van der Waals surface area contributed by atoms with Crippen molar-refractivity contribution in [2.24, 2.45) is 5.10 Å². The molecule has 0 bridgehead atoms. The zero-order valence-corrected chi connectivity index (χ0v) is 8.52. The Morgan fingerprint density at radius 1 is 1.60 bits per heavy atom. The average molecular weight is 208 g/mol. The van der Waals surface area contributed by atoms with Crippen LogP contribution in [0, 0.1) is 0 Å². The Balaban J connectivity index is 3.09. The van der Waals surface area contributed by atoms with E-state index in [1.54, 1.807) is 19.1 Å². The van der Waals surface area contributed by atoms with Crippen molar-refractivity contribution >= 4 is 17.9 Å². The van der Waals surface area contributed by atoms with Crippen molar-refractivity contribution in [1.29, 1.82) is 0 Å². The van der Waals surface area contributed by atoms with Gasteiger partial charge in [-0.15, -0.1) is 0 Å². The highest BCUT2D eigenvalue weighted by Crippen LogP contribution is 2.21. The second-order valence-electron chi connectivity index (χ2n) is 2.72. The van der Waals surface area contributed by atoms with E-state index in [-0.39, 0.29) is 5.56 Å². The fraction of sp³-hybridized carbons (Fsp3) is 0.200. The summed E-state index contributed by atoms with van der Waals surface area (Å²) in [5, 5.41) is 12.7. The summed E-state index contributed by atoms with van der Waals surface area (Å²) in [6, 6.07) is 4.71. The van der Waals surface area contributed by atoms with E-state index in [1.807, 2.05) is 0 Å². The van der Waals surface area contributed by atoms with Crippen molar-refractivity contribution in [3.8, 4) is 5.75 Å². The number of methoxy groups -OCH3 is 1. The molecule has 0 unspecified atom stereocenters. The lowest BCUT2D eigenvalue weighted by Crippen LogP contribution is -2.02. The number of nitrogens with one attached hydrogen (secondary N) is 1. The van der Waals surface area contributed by atoms with Gasteiger partial charge in [-0.1, -0.05) is 0 Å². The number of hydrogen-bond donors (Lipinski definition) is 2. The molecule has 1 aromatic rings. The van der Waals surface area contributed by atoms with Crippen LogP contribution in [-0.2, 0) is 0 Å². The number of nitrogens with zero attached hydrogens (tertiary/aromatic N) is 1. The first-order valence-electron chi connectivity index (χ1n) is 4.34. The van der Waals surface area contributed by atoms with E-state index in [4.69, 9.17) is 9.84 Å². The van der Waals surface area contributed by atoms with Gasteiger partial charge in [0.15, 0.2) is 0 Å². The monoisotopic (exact) mass is 208 g/mol. The molecule has 0 heterocycles. The molecule has 2 N–H and O–H groups in total. The van der Waals surface area contributed by atoms with Crippen LogP contribution >= 0.6 is 0 Å². The van der Waals surface area contributed by atoms with E-state index < -0.39 is 5.97 Å². The van der Waals surface area contributed by atoms with Crippen LogP contribution in [0.25, 0.3) is 0 Å². The molecule has 0 fully saturated rings. The molecule has 1 aromatic carbocycles. The number of rotatable bonds is 4. The second kappa shape index (κ2) is 4.99. The molecule has 0 aliphatic rings. The Morgan fingerprint density at radius 2 is 2.33 bits per heavy atom. The van der Waals surface area contributed by atoms with Gasteiger partial charge in [0, 0.05) is 6.21 Å². The van der Waals surface area contributed by atoms with Gasteiger partial charge in [-0.3, -0.25) is 5.43 Å². The zero-order valence-electron chi connectivity index (χ0n) is 8.52. The Labute approximate surface area is 87.4 Å². The van der Waals surface area contributed by atoms with Crippen LogP contribution in [0.2, 0.25) is 0 Å². The molecule has 0 aliphatic carbocycles. The summed E-state index contributed by atoms with van der Waals surface area (Å²) >= 11 is 0. The standard InChI is InChI=1S/C10H12N2O3/c1-3-11-12-9-5-4-7(15-2)6-8(9)10(13)14/h3-6,12H,1-2H3,(H,13,14)/b11-3-. The summed E-state index contributed by atoms with van der Waals surface area (Å²) in [7, 11) is 1.48. The van der Waals surface area contributed by atoms with Crippen molar-refractivity contribution in [1.82, 2.24) is 0 Å². The van der Waals surface area contributed by atoms with Gasteiger partial charge in [-0.2, -0.15) is 5.10 Å². The summed E-state index contributed by atoms with van der Waals surface area (Å²) in [6.07, 6.45) is 1.54. The van der Waals surface area contributed by atoms with Crippen molar-refractivity contribution < 1.29 is 14.6 Å². The molecule has 0 aromatic heterocycles. The molecular weight excluding hydrogens is 196 g/mol. The molecule has 0 saturated heterocycles. The van der Waals surface area contributed by atoms with Crippen molar-refractivity contribution in [3.63, 3.8) is 0 Å². The fourth-order valence-corrected chi connectivity index (χ4v) is 1.06. The fourth-order valence-electron chi connectivity index (χ4n) is 1.06. The molecule has 1 rings (SSSR count). The number of aromatic carboxylic acids is 1. The van der Waals surface area contributed by atoms with Crippen LogP contribution in [0.1, 0.15) is 17.3 Å². The molecular formula is C10H12N2O3. The molecule has 0 aliphatic heterocycles. The molecule has 0 radical (unpaired) electrons. The number of hydrazone groups is 1. The first kappa shape index (κ1) is 11.0. The number of benzene rings is 1. The van der Waals surface area contributed by atoms with Crippen molar-refractivity contribution in [2.75, 3.05) is 12.5 Å². The third-order valence-electron chi connectivity index (χ3n) is 1.77. The van der Waals surface area contributed by atoms with Gasteiger partial charge in [0.1, 0.15) is 5.75 Å². The van der Waals surface area contributed by atoms with E-state index in [0.29, 0.717) is 11.4 Å². The van der Waals surface area contributed by atoms with Gasteiger partial charge < -0.3 is 9.84 Å². The Kier molecular flexibility index (Phi) is 3.68. The largest absolute Gasteiger partial charge is 0.497 e. The normalized spacial score (nSPS) is 10.3. The van der Waals surface area contributed by atoms with E-state index in [9.17, 15) is 4.79 Å². The van der Waals surface area contributed by atoms with Gasteiger partial charge in [-0.25, -0.2) is 4.79 Å². The second-order valence-corrected chi connectivity index (χ2v) is 2.72. The molecule has 0 amide bonds. The molecule has 5 heteroatoms. The summed E-state index contributed by atoms with van der Waals surface area (Å²) < 4.78 is 4.93. The maximum absolute atomic E-state index is 10.9. The topological polar surface area (TPSA) is 70.9 Å². The number of ether oxygens (including phenoxy) is 1. The smallest absolute Gasteiger partial charge is 0.338 e.